The Hall–Kier alpha value is -1.97. The van der Waals surface area contributed by atoms with E-state index in [1.165, 1.54) is 17.0 Å². The van der Waals surface area contributed by atoms with Crippen molar-refractivity contribution in [1.29, 1.82) is 0 Å². The summed E-state index contributed by atoms with van der Waals surface area (Å²) < 4.78 is 76.5. The Morgan fingerprint density at radius 1 is 1.21 bits per heavy atom. The van der Waals surface area contributed by atoms with Gasteiger partial charge in [0.15, 0.2) is 5.96 Å². The van der Waals surface area contributed by atoms with Crippen LogP contribution in [0.15, 0.2) is 29.3 Å². The number of halogens is 6. The number of nitrogens with one attached hydrogen (secondary N) is 2. The maximum absolute atomic E-state index is 13.0. The van der Waals surface area contributed by atoms with E-state index in [-0.39, 0.29) is 18.0 Å². The number of aliphatic imine (C=N–C) groups is 1. The van der Waals surface area contributed by atoms with Gasteiger partial charge in [0, 0.05) is 38.1 Å². The molecule has 1 aliphatic heterocycles. The van der Waals surface area contributed by atoms with E-state index in [1.807, 2.05) is 0 Å². The zero-order valence-corrected chi connectivity index (χ0v) is 16.0. The first-order chi connectivity index (χ1) is 13.5. The van der Waals surface area contributed by atoms with Gasteiger partial charge in [0.25, 0.3) is 0 Å². The molecule has 1 saturated carbocycles. The SMILES string of the molecule is CN=C(NCC1(c2cccc(C(F)(F)F)c2)CC1)NC1CCN(CC(F)(F)F)C1. The third kappa shape index (κ3) is 5.77. The van der Waals surface area contributed by atoms with E-state index < -0.39 is 24.5 Å². The topological polar surface area (TPSA) is 39.7 Å². The summed E-state index contributed by atoms with van der Waals surface area (Å²) in [6.45, 7) is 0.0875. The third-order valence-corrected chi connectivity index (χ3v) is 5.49. The second-order valence-electron chi connectivity index (χ2n) is 7.76. The van der Waals surface area contributed by atoms with Crippen LogP contribution in [-0.2, 0) is 11.6 Å². The first-order valence-corrected chi connectivity index (χ1v) is 9.45. The van der Waals surface area contributed by atoms with Crippen LogP contribution in [0.25, 0.3) is 0 Å². The average molecular weight is 422 g/mol. The average Bonchev–Trinajstić information content (AvgIpc) is 3.31. The molecule has 1 saturated heterocycles. The van der Waals surface area contributed by atoms with Crippen LogP contribution in [-0.4, -0.2) is 56.3 Å². The van der Waals surface area contributed by atoms with Crippen LogP contribution in [0.3, 0.4) is 0 Å². The van der Waals surface area contributed by atoms with Crippen LogP contribution < -0.4 is 10.6 Å². The number of likely N-dealkylation sites (tertiary alicyclic amines) is 1. The highest BCUT2D eigenvalue weighted by atomic mass is 19.4. The summed E-state index contributed by atoms with van der Waals surface area (Å²) in [6, 6.07) is 5.20. The van der Waals surface area contributed by atoms with Crippen LogP contribution in [0.2, 0.25) is 0 Å². The predicted molar refractivity (Wildman–Crippen MR) is 97.8 cm³/mol. The highest BCUT2D eigenvalue weighted by Crippen LogP contribution is 2.48. The van der Waals surface area contributed by atoms with E-state index in [2.05, 4.69) is 15.6 Å². The Labute approximate surface area is 165 Å². The monoisotopic (exact) mass is 422 g/mol. The molecule has 0 bridgehead atoms. The van der Waals surface area contributed by atoms with Crippen molar-refractivity contribution in [2.24, 2.45) is 4.99 Å². The highest BCUT2D eigenvalue weighted by molar-refractivity contribution is 5.80. The van der Waals surface area contributed by atoms with Crippen LogP contribution in [0.1, 0.15) is 30.4 Å². The van der Waals surface area contributed by atoms with Crippen molar-refractivity contribution in [2.45, 2.75) is 43.1 Å². The predicted octanol–water partition coefficient (Wildman–Crippen LogP) is 3.54. The van der Waals surface area contributed by atoms with Gasteiger partial charge in [-0.2, -0.15) is 26.3 Å². The van der Waals surface area contributed by atoms with E-state index in [4.69, 9.17) is 0 Å². The minimum absolute atomic E-state index is 0.160. The fourth-order valence-electron chi connectivity index (χ4n) is 3.73. The van der Waals surface area contributed by atoms with Crippen molar-refractivity contribution in [3.8, 4) is 0 Å². The van der Waals surface area contributed by atoms with E-state index in [9.17, 15) is 26.3 Å². The lowest BCUT2D eigenvalue weighted by Gasteiger charge is -2.22. The summed E-state index contributed by atoms with van der Waals surface area (Å²) in [7, 11) is 1.56. The van der Waals surface area contributed by atoms with Crippen molar-refractivity contribution >= 4 is 5.96 Å². The molecule has 3 rings (SSSR count). The molecule has 162 valence electrons. The summed E-state index contributed by atoms with van der Waals surface area (Å²) in [4.78, 5) is 5.45. The normalized spacial score (nSPS) is 22.6. The van der Waals surface area contributed by atoms with Gasteiger partial charge in [-0.25, -0.2) is 0 Å². The zero-order chi connectivity index (χ0) is 21.3. The van der Waals surface area contributed by atoms with Crippen LogP contribution in [0, 0.1) is 0 Å². The number of hydrogen-bond acceptors (Lipinski definition) is 2. The molecule has 1 heterocycles. The minimum atomic E-state index is -4.39. The summed E-state index contributed by atoms with van der Waals surface area (Å²) in [5.74, 6) is 0.446. The Bertz CT molecular complexity index is 739. The van der Waals surface area contributed by atoms with Crippen molar-refractivity contribution in [2.75, 3.05) is 33.2 Å². The van der Waals surface area contributed by atoms with Gasteiger partial charge in [-0.1, -0.05) is 18.2 Å². The van der Waals surface area contributed by atoms with Crippen molar-refractivity contribution in [3.63, 3.8) is 0 Å². The maximum atomic E-state index is 13.0. The number of nitrogens with zero attached hydrogens (tertiary/aromatic N) is 2. The van der Waals surface area contributed by atoms with Crippen molar-refractivity contribution in [1.82, 2.24) is 15.5 Å². The molecule has 10 heteroatoms. The second-order valence-corrected chi connectivity index (χ2v) is 7.76. The van der Waals surface area contributed by atoms with Gasteiger partial charge in [0.2, 0.25) is 0 Å². The molecule has 1 aliphatic carbocycles. The quantitative estimate of drug-likeness (QED) is 0.433. The van der Waals surface area contributed by atoms with Crippen molar-refractivity contribution in [3.05, 3.63) is 35.4 Å². The molecule has 1 unspecified atom stereocenters. The molecule has 0 radical (unpaired) electrons. The molecule has 0 amide bonds. The van der Waals surface area contributed by atoms with Gasteiger partial charge in [0.05, 0.1) is 12.1 Å². The molecule has 1 atom stereocenters. The van der Waals surface area contributed by atoms with Gasteiger partial charge in [-0.3, -0.25) is 9.89 Å². The molecule has 2 aliphatic rings. The van der Waals surface area contributed by atoms with E-state index >= 15 is 0 Å². The first kappa shape index (κ1) is 21.7. The highest BCUT2D eigenvalue weighted by Gasteiger charge is 2.45. The molecule has 1 aromatic rings. The van der Waals surface area contributed by atoms with Gasteiger partial charge in [-0.15, -0.1) is 0 Å². The minimum Gasteiger partial charge on any atom is -0.356 e. The standard InChI is InChI=1S/C19H24F6N4/c1-26-16(28-15-5-8-29(10-15)12-18(20,21)22)27-11-17(6-7-17)13-3-2-4-14(9-13)19(23,24)25/h2-4,9,15H,5-8,10-12H2,1H3,(H2,26,27,28). The van der Waals surface area contributed by atoms with Crippen LogP contribution in [0.4, 0.5) is 26.3 Å². The lowest BCUT2D eigenvalue weighted by molar-refractivity contribution is -0.143. The number of alkyl halides is 6. The van der Waals surface area contributed by atoms with Gasteiger partial charge in [0.1, 0.15) is 0 Å². The molecule has 29 heavy (non-hydrogen) atoms. The smallest absolute Gasteiger partial charge is 0.356 e. The van der Waals surface area contributed by atoms with Crippen LogP contribution in [0.5, 0.6) is 0 Å². The largest absolute Gasteiger partial charge is 0.416 e. The van der Waals surface area contributed by atoms with Crippen molar-refractivity contribution < 1.29 is 26.3 Å². The fraction of sp³-hybridized carbons (Fsp3) is 0.632. The molecule has 2 fully saturated rings. The Morgan fingerprint density at radius 3 is 2.52 bits per heavy atom. The summed E-state index contributed by atoms with van der Waals surface area (Å²) in [5, 5.41) is 6.25. The summed E-state index contributed by atoms with van der Waals surface area (Å²) in [6.07, 6.45) is -6.52. The second kappa shape index (κ2) is 8.04. The first-order valence-electron chi connectivity index (χ1n) is 9.45. The van der Waals surface area contributed by atoms with Gasteiger partial charge in [-0.05, 0) is 30.9 Å². The van der Waals surface area contributed by atoms with Gasteiger partial charge < -0.3 is 10.6 Å². The molecule has 0 aromatic heterocycles. The number of hydrogen-bond donors (Lipinski definition) is 2. The zero-order valence-electron chi connectivity index (χ0n) is 16.0. The molecular weight excluding hydrogens is 398 g/mol. The molecule has 2 N–H and O–H groups in total. The van der Waals surface area contributed by atoms with E-state index in [1.54, 1.807) is 13.1 Å². The van der Waals surface area contributed by atoms with E-state index in [0.717, 1.165) is 18.9 Å². The lowest BCUT2D eigenvalue weighted by Crippen LogP contribution is -2.47. The van der Waals surface area contributed by atoms with E-state index in [0.29, 0.717) is 31.0 Å². The Morgan fingerprint density at radius 2 is 1.93 bits per heavy atom. The fourth-order valence-corrected chi connectivity index (χ4v) is 3.73. The number of guanidine groups is 1. The lowest BCUT2D eigenvalue weighted by atomic mass is 9.94. The molecule has 1 aromatic carbocycles. The number of benzene rings is 1. The van der Waals surface area contributed by atoms with Gasteiger partial charge >= 0.3 is 12.4 Å². The van der Waals surface area contributed by atoms with Crippen LogP contribution >= 0.6 is 0 Å². The molecule has 0 spiro atoms. The Kier molecular flexibility index (Phi) is 6.03. The third-order valence-electron chi connectivity index (χ3n) is 5.49. The maximum Gasteiger partial charge on any atom is 0.416 e. The molecule has 4 nitrogen and oxygen atoms in total. The summed E-state index contributed by atoms with van der Waals surface area (Å²) >= 11 is 0. The Balaban J connectivity index is 1.55. The summed E-state index contributed by atoms with van der Waals surface area (Å²) in [5.41, 5.74) is -0.413. The molecular formula is C19H24F6N4. The number of rotatable bonds is 5.